The van der Waals surface area contributed by atoms with E-state index in [0.717, 1.165) is 5.56 Å². The van der Waals surface area contributed by atoms with Gasteiger partial charge in [-0.05, 0) is 0 Å². The fourth-order valence-electron chi connectivity index (χ4n) is 2.81. The molecule has 116 valence electrons. The van der Waals surface area contributed by atoms with Gasteiger partial charge >= 0.3 is 0 Å². The van der Waals surface area contributed by atoms with E-state index in [4.69, 9.17) is 23.7 Å². The molecule has 21 heavy (non-hydrogen) atoms. The van der Waals surface area contributed by atoms with E-state index in [9.17, 15) is 5.11 Å². The van der Waals surface area contributed by atoms with E-state index in [1.54, 1.807) is 7.11 Å². The minimum Gasteiger partial charge on any atom is -0.385 e. The van der Waals surface area contributed by atoms with Crippen LogP contribution in [0.4, 0.5) is 0 Å². The third-order valence-electron chi connectivity index (χ3n) is 3.88. The number of aliphatic hydroxyl groups excluding tert-OH is 1. The van der Waals surface area contributed by atoms with Crippen LogP contribution in [0.25, 0.3) is 0 Å². The summed E-state index contributed by atoms with van der Waals surface area (Å²) in [7, 11) is 3.03. The van der Waals surface area contributed by atoms with Crippen LogP contribution in [0.1, 0.15) is 11.9 Å². The quantitative estimate of drug-likeness (QED) is 0.892. The summed E-state index contributed by atoms with van der Waals surface area (Å²) in [6.45, 7) is 0.358. The monoisotopic (exact) mass is 296 g/mol. The number of rotatable bonds is 3. The highest BCUT2D eigenvalue weighted by atomic mass is 16.8. The van der Waals surface area contributed by atoms with Gasteiger partial charge in [0.2, 0.25) is 0 Å². The van der Waals surface area contributed by atoms with E-state index in [1.807, 2.05) is 30.3 Å². The topological polar surface area (TPSA) is 66.4 Å². The summed E-state index contributed by atoms with van der Waals surface area (Å²) in [5.74, 6) is 0. The van der Waals surface area contributed by atoms with Crippen LogP contribution in [0.15, 0.2) is 30.3 Å². The SMILES string of the molecule is CO[C@H]1O[C@@H]2CO[C@H](c3ccccc3)O[C@H]2[C@H](OC)[C@H]1O. The van der Waals surface area contributed by atoms with Crippen LogP contribution in [-0.2, 0) is 23.7 Å². The van der Waals surface area contributed by atoms with Crippen LogP contribution in [-0.4, -0.2) is 56.6 Å². The van der Waals surface area contributed by atoms with Gasteiger partial charge in [-0.2, -0.15) is 0 Å². The smallest absolute Gasteiger partial charge is 0.186 e. The number of aliphatic hydroxyl groups is 1. The van der Waals surface area contributed by atoms with Crippen molar-refractivity contribution in [2.75, 3.05) is 20.8 Å². The number of hydrogen-bond acceptors (Lipinski definition) is 6. The molecule has 3 rings (SSSR count). The number of ether oxygens (including phenoxy) is 5. The lowest BCUT2D eigenvalue weighted by Crippen LogP contribution is -2.62. The largest absolute Gasteiger partial charge is 0.385 e. The summed E-state index contributed by atoms with van der Waals surface area (Å²) >= 11 is 0. The first-order chi connectivity index (χ1) is 10.2. The Hall–Kier alpha value is -1.02. The van der Waals surface area contributed by atoms with Crippen molar-refractivity contribution < 1.29 is 28.8 Å². The summed E-state index contributed by atoms with van der Waals surface area (Å²) in [5, 5.41) is 10.2. The molecule has 0 saturated carbocycles. The van der Waals surface area contributed by atoms with E-state index < -0.39 is 30.9 Å². The van der Waals surface area contributed by atoms with Crippen molar-refractivity contribution >= 4 is 0 Å². The lowest BCUT2D eigenvalue weighted by Gasteiger charge is -2.47. The average Bonchev–Trinajstić information content (AvgIpc) is 2.54. The molecule has 2 heterocycles. The van der Waals surface area contributed by atoms with E-state index in [-0.39, 0.29) is 6.10 Å². The number of fused-ring (bicyclic) bond motifs is 1. The third kappa shape index (κ3) is 2.83. The van der Waals surface area contributed by atoms with Crippen LogP contribution in [0.3, 0.4) is 0 Å². The summed E-state index contributed by atoms with van der Waals surface area (Å²) in [5.41, 5.74) is 0.925. The summed E-state index contributed by atoms with van der Waals surface area (Å²) in [4.78, 5) is 0. The molecule has 2 aliphatic rings. The van der Waals surface area contributed by atoms with Crippen molar-refractivity contribution in [1.82, 2.24) is 0 Å². The maximum Gasteiger partial charge on any atom is 0.186 e. The van der Waals surface area contributed by atoms with E-state index in [2.05, 4.69) is 0 Å². The molecule has 6 nitrogen and oxygen atoms in total. The molecule has 1 N–H and O–H groups in total. The Bertz CT molecular complexity index is 453. The Balaban J connectivity index is 1.77. The Morgan fingerprint density at radius 3 is 2.52 bits per heavy atom. The molecular formula is C15H20O6. The van der Waals surface area contributed by atoms with Gasteiger partial charge in [0.1, 0.15) is 24.4 Å². The second-order valence-electron chi connectivity index (χ2n) is 5.15. The van der Waals surface area contributed by atoms with Gasteiger partial charge in [-0.1, -0.05) is 30.3 Å². The fraction of sp³-hybridized carbons (Fsp3) is 0.600. The number of benzene rings is 1. The van der Waals surface area contributed by atoms with Crippen LogP contribution in [0.5, 0.6) is 0 Å². The van der Waals surface area contributed by atoms with Gasteiger partial charge in [0, 0.05) is 19.8 Å². The van der Waals surface area contributed by atoms with E-state index >= 15 is 0 Å². The van der Waals surface area contributed by atoms with Gasteiger partial charge in [0.25, 0.3) is 0 Å². The van der Waals surface area contributed by atoms with Crippen LogP contribution in [0, 0.1) is 0 Å². The van der Waals surface area contributed by atoms with Gasteiger partial charge in [-0.3, -0.25) is 0 Å². The van der Waals surface area contributed by atoms with Crippen molar-refractivity contribution in [2.45, 2.75) is 37.0 Å². The minimum absolute atomic E-state index is 0.330. The first kappa shape index (κ1) is 14.9. The summed E-state index contributed by atoms with van der Waals surface area (Å²) in [6.07, 6.45) is -3.39. The molecule has 6 heteroatoms. The molecule has 2 saturated heterocycles. The van der Waals surface area contributed by atoms with Gasteiger partial charge < -0.3 is 28.8 Å². The Kier molecular flexibility index (Phi) is 4.54. The Morgan fingerprint density at radius 2 is 1.86 bits per heavy atom. The highest BCUT2D eigenvalue weighted by molar-refractivity contribution is 5.16. The maximum atomic E-state index is 10.2. The lowest BCUT2D eigenvalue weighted by molar-refractivity contribution is -0.360. The first-order valence-electron chi connectivity index (χ1n) is 6.95. The molecule has 0 bridgehead atoms. The van der Waals surface area contributed by atoms with Gasteiger partial charge in [-0.15, -0.1) is 0 Å². The second kappa shape index (κ2) is 6.39. The maximum absolute atomic E-state index is 10.2. The summed E-state index contributed by atoms with van der Waals surface area (Å²) < 4.78 is 27.9. The van der Waals surface area contributed by atoms with Gasteiger partial charge in [0.05, 0.1) is 6.61 Å². The van der Waals surface area contributed by atoms with E-state index in [0.29, 0.717) is 6.61 Å². The highest BCUT2D eigenvalue weighted by Gasteiger charge is 2.49. The zero-order chi connectivity index (χ0) is 14.8. The second-order valence-corrected chi connectivity index (χ2v) is 5.15. The van der Waals surface area contributed by atoms with Gasteiger partial charge in [0.15, 0.2) is 12.6 Å². The van der Waals surface area contributed by atoms with Crippen LogP contribution < -0.4 is 0 Å². The molecule has 2 fully saturated rings. The van der Waals surface area contributed by atoms with Gasteiger partial charge in [-0.25, -0.2) is 0 Å². The zero-order valence-corrected chi connectivity index (χ0v) is 12.0. The molecule has 1 aromatic rings. The molecule has 0 aliphatic carbocycles. The van der Waals surface area contributed by atoms with Crippen molar-refractivity contribution in [3.63, 3.8) is 0 Å². The van der Waals surface area contributed by atoms with Crippen molar-refractivity contribution in [1.29, 1.82) is 0 Å². The fourth-order valence-corrected chi connectivity index (χ4v) is 2.81. The number of hydrogen-bond donors (Lipinski definition) is 1. The number of methoxy groups -OCH3 is 2. The molecule has 2 aliphatic heterocycles. The lowest BCUT2D eigenvalue weighted by atomic mass is 9.97. The molecule has 0 radical (unpaired) electrons. The molecule has 1 aromatic carbocycles. The van der Waals surface area contributed by atoms with Crippen molar-refractivity contribution in [2.24, 2.45) is 0 Å². The first-order valence-corrected chi connectivity index (χ1v) is 6.95. The third-order valence-corrected chi connectivity index (χ3v) is 3.88. The molecule has 0 spiro atoms. The molecular weight excluding hydrogens is 276 g/mol. The normalized spacial score (nSPS) is 39.8. The zero-order valence-electron chi connectivity index (χ0n) is 12.0. The molecule has 6 atom stereocenters. The standard InChI is InChI=1S/C15H20O6/c1-17-13-11(16)15(18-2)20-10-8-19-14(21-12(10)13)9-6-4-3-5-7-9/h3-7,10-16H,8H2,1-2H3/t10-,11-,12-,13-,14+,15+/m1/s1. The summed E-state index contributed by atoms with van der Waals surface area (Å²) in [6, 6.07) is 9.66. The minimum atomic E-state index is -0.907. The van der Waals surface area contributed by atoms with Crippen LogP contribution in [0.2, 0.25) is 0 Å². The van der Waals surface area contributed by atoms with E-state index in [1.165, 1.54) is 7.11 Å². The predicted molar refractivity (Wildman–Crippen MR) is 72.5 cm³/mol. The Labute approximate surface area is 123 Å². The molecule has 0 aromatic heterocycles. The predicted octanol–water partition coefficient (Wildman–Crippen LogP) is 0.848. The van der Waals surface area contributed by atoms with Crippen LogP contribution >= 0.6 is 0 Å². The molecule has 0 amide bonds. The van der Waals surface area contributed by atoms with Crippen molar-refractivity contribution in [3.8, 4) is 0 Å². The average molecular weight is 296 g/mol. The van der Waals surface area contributed by atoms with Crippen molar-refractivity contribution in [3.05, 3.63) is 35.9 Å². The highest BCUT2D eigenvalue weighted by Crippen LogP contribution is 2.35. The Morgan fingerprint density at radius 1 is 1.10 bits per heavy atom. The molecule has 0 unspecified atom stereocenters.